The third-order valence-electron chi connectivity index (χ3n) is 6.01. The maximum absolute atomic E-state index is 5.56. The number of nitrogens with zero attached hydrogens (tertiary/aromatic N) is 3. The van der Waals surface area contributed by atoms with Crippen LogP contribution in [0.2, 0.25) is 0 Å². The van der Waals surface area contributed by atoms with Gasteiger partial charge in [-0.05, 0) is 28.5 Å². The van der Waals surface area contributed by atoms with Gasteiger partial charge < -0.3 is 10.1 Å². The summed E-state index contributed by atoms with van der Waals surface area (Å²) in [5.74, 6) is 0. The van der Waals surface area contributed by atoms with Crippen molar-refractivity contribution in [3.8, 4) is 11.3 Å². The van der Waals surface area contributed by atoms with Gasteiger partial charge in [-0.25, -0.2) is 0 Å². The zero-order chi connectivity index (χ0) is 20.9. The molecule has 0 unspecified atom stereocenters. The molecule has 0 saturated carbocycles. The van der Waals surface area contributed by atoms with E-state index in [2.05, 4.69) is 80.0 Å². The molecule has 6 nitrogen and oxygen atoms in total. The Morgan fingerprint density at radius 1 is 1.00 bits per heavy atom. The minimum Gasteiger partial charge on any atom is -0.379 e. The Labute approximate surface area is 182 Å². The first-order valence-electron chi connectivity index (χ1n) is 10.8. The Kier molecular flexibility index (Phi) is 6.02. The average Bonchev–Trinajstić information content (AvgIpc) is 3.31. The summed E-state index contributed by atoms with van der Waals surface area (Å²) in [6, 6.07) is 19.4. The van der Waals surface area contributed by atoms with E-state index in [1.54, 1.807) is 0 Å². The standard InChI is InChI=1S/C25H27N5O/c1-2-6-22-19(4-1)5-3-7-23(22)25-21(17-28-29-25)16-27-18-24(20-8-10-26-11-9-20)30-12-14-31-15-13-30/h1-11,17,24,27H,12-16,18H2,(H,28,29)/t24-/m0/s1. The summed E-state index contributed by atoms with van der Waals surface area (Å²) in [4.78, 5) is 6.68. The van der Waals surface area contributed by atoms with Crippen LogP contribution in [0.15, 0.2) is 73.2 Å². The maximum Gasteiger partial charge on any atom is 0.0701 e. The fourth-order valence-corrected chi connectivity index (χ4v) is 4.40. The van der Waals surface area contributed by atoms with Crippen LogP contribution < -0.4 is 5.32 Å². The van der Waals surface area contributed by atoms with E-state index in [-0.39, 0.29) is 0 Å². The van der Waals surface area contributed by atoms with Crippen molar-refractivity contribution in [3.63, 3.8) is 0 Å². The second-order valence-electron chi connectivity index (χ2n) is 7.87. The van der Waals surface area contributed by atoms with Gasteiger partial charge in [0, 0.05) is 55.7 Å². The normalized spacial score (nSPS) is 15.9. The minimum atomic E-state index is 0.291. The number of aromatic nitrogens is 3. The molecule has 158 valence electrons. The molecule has 0 bridgehead atoms. The molecule has 1 saturated heterocycles. The predicted octanol–water partition coefficient (Wildman–Crippen LogP) is 3.79. The molecule has 2 N–H and O–H groups in total. The zero-order valence-corrected chi connectivity index (χ0v) is 17.5. The lowest BCUT2D eigenvalue weighted by atomic mass is 10.00. The molecule has 4 aromatic rings. The van der Waals surface area contributed by atoms with E-state index in [0.717, 1.165) is 45.1 Å². The highest BCUT2D eigenvalue weighted by Gasteiger charge is 2.22. The summed E-state index contributed by atoms with van der Waals surface area (Å²) >= 11 is 0. The number of pyridine rings is 1. The lowest BCUT2D eigenvalue weighted by molar-refractivity contribution is 0.0161. The van der Waals surface area contributed by atoms with E-state index in [9.17, 15) is 0 Å². The van der Waals surface area contributed by atoms with E-state index < -0.39 is 0 Å². The topological polar surface area (TPSA) is 66.1 Å². The fourth-order valence-electron chi connectivity index (χ4n) is 4.40. The number of aromatic amines is 1. The maximum atomic E-state index is 5.56. The van der Waals surface area contributed by atoms with E-state index >= 15 is 0 Å². The summed E-state index contributed by atoms with van der Waals surface area (Å²) in [7, 11) is 0. The van der Waals surface area contributed by atoms with E-state index in [1.807, 2.05) is 18.6 Å². The van der Waals surface area contributed by atoms with Crippen LogP contribution in [0.25, 0.3) is 22.0 Å². The van der Waals surface area contributed by atoms with Crippen molar-refractivity contribution in [2.75, 3.05) is 32.8 Å². The fraction of sp³-hybridized carbons (Fsp3) is 0.280. The highest BCUT2D eigenvalue weighted by atomic mass is 16.5. The van der Waals surface area contributed by atoms with Gasteiger partial charge >= 0.3 is 0 Å². The third-order valence-corrected chi connectivity index (χ3v) is 6.01. The molecule has 1 aliphatic heterocycles. The van der Waals surface area contributed by atoms with Crippen molar-refractivity contribution in [3.05, 3.63) is 84.3 Å². The van der Waals surface area contributed by atoms with Gasteiger partial charge in [0.2, 0.25) is 0 Å². The van der Waals surface area contributed by atoms with Crippen molar-refractivity contribution in [2.45, 2.75) is 12.6 Å². The summed E-state index contributed by atoms with van der Waals surface area (Å²) in [6.07, 6.45) is 5.68. The first-order valence-corrected chi connectivity index (χ1v) is 10.8. The van der Waals surface area contributed by atoms with Gasteiger partial charge in [0.1, 0.15) is 0 Å². The molecular weight excluding hydrogens is 386 g/mol. The van der Waals surface area contributed by atoms with Gasteiger partial charge in [0.05, 0.1) is 25.1 Å². The quantitative estimate of drug-likeness (QED) is 0.483. The monoisotopic (exact) mass is 413 g/mol. The van der Waals surface area contributed by atoms with Crippen molar-refractivity contribution >= 4 is 10.8 Å². The molecule has 2 aromatic carbocycles. The first kappa shape index (κ1) is 19.9. The van der Waals surface area contributed by atoms with Crippen molar-refractivity contribution in [2.24, 2.45) is 0 Å². The Morgan fingerprint density at radius 3 is 2.68 bits per heavy atom. The molecule has 1 fully saturated rings. The average molecular weight is 414 g/mol. The van der Waals surface area contributed by atoms with Crippen molar-refractivity contribution in [1.82, 2.24) is 25.4 Å². The Bertz CT molecular complexity index is 1120. The number of rotatable bonds is 7. The molecule has 0 amide bonds. The third kappa shape index (κ3) is 4.37. The molecule has 31 heavy (non-hydrogen) atoms. The van der Waals surface area contributed by atoms with Crippen LogP contribution in [-0.2, 0) is 11.3 Å². The van der Waals surface area contributed by atoms with Crippen molar-refractivity contribution in [1.29, 1.82) is 0 Å². The molecule has 0 spiro atoms. The van der Waals surface area contributed by atoms with Gasteiger partial charge in [-0.2, -0.15) is 5.10 Å². The highest BCUT2D eigenvalue weighted by molar-refractivity contribution is 5.96. The smallest absolute Gasteiger partial charge is 0.0701 e. The van der Waals surface area contributed by atoms with Gasteiger partial charge in [0.15, 0.2) is 0 Å². The number of hydrogen-bond acceptors (Lipinski definition) is 5. The summed E-state index contributed by atoms with van der Waals surface area (Å²) in [5.41, 5.74) is 4.72. The SMILES string of the molecule is c1ccc2c(-c3[nH]ncc3CNC[C@@H](c3ccncc3)N3CCOCC3)cccc2c1. The van der Waals surface area contributed by atoms with Crippen LogP contribution in [0.5, 0.6) is 0 Å². The van der Waals surface area contributed by atoms with E-state index in [1.165, 1.54) is 27.5 Å². The predicted molar refractivity (Wildman–Crippen MR) is 123 cm³/mol. The first-order chi connectivity index (χ1) is 15.4. The molecule has 2 aromatic heterocycles. The largest absolute Gasteiger partial charge is 0.379 e. The molecule has 0 aliphatic carbocycles. The minimum absolute atomic E-state index is 0.291. The van der Waals surface area contributed by atoms with Crippen LogP contribution in [0.1, 0.15) is 17.2 Å². The molecule has 3 heterocycles. The van der Waals surface area contributed by atoms with Gasteiger partial charge in [-0.15, -0.1) is 0 Å². The molecule has 1 atom stereocenters. The second kappa shape index (κ2) is 9.39. The summed E-state index contributed by atoms with van der Waals surface area (Å²) < 4.78 is 5.56. The lowest BCUT2D eigenvalue weighted by Crippen LogP contribution is -2.42. The van der Waals surface area contributed by atoms with Crippen LogP contribution in [-0.4, -0.2) is 52.9 Å². The Morgan fingerprint density at radius 2 is 1.81 bits per heavy atom. The highest BCUT2D eigenvalue weighted by Crippen LogP contribution is 2.29. The molecule has 6 heteroatoms. The Balaban J connectivity index is 1.34. The van der Waals surface area contributed by atoms with Gasteiger partial charge in [-0.3, -0.25) is 15.0 Å². The summed E-state index contributed by atoms with van der Waals surface area (Å²) in [6.45, 7) is 5.07. The summed E-state index contributed by atoms with van der Waals surface area (Å²) in [5, 5.41) is 13.7. The molecular formula is C25H27N5O. The molecule has 1 aliphatic rings. The number of benzene rings is 2. The van der Waals surface area contributed by atoms with E-state index in [4.69, 9.17) is 4.74 Å². The number of hydrogen-bond donors (Lipinski definition) is 2. The van der Waals surface area contributed by atoms with Crippen LogP contribution in [0, 0.1) is 0 Å². The number of nitrogens with one attached hydrogen (secondary N) is 2. The lowest BCUT2D eigenvalue weighted by Gasteiger charge is -2.35. The Hall–Kier alpha value is -3.06. The zero-order valence-electron chi connectivity index (χ0n) is 17.5. The number of ether oxygens (including phenoxy) is 1. The number of H-pyrrole nitrogens is 1. The second-order valence-corrected chi connectivity index (χ2v) is 7.87. The van der Waals surface area contributed by atoms with Gasteiger partial charge in [-0.1, -0.05) is 42.5 Å². The number of morpholine rings is 1. The number of fused-ring (bicyclic) bond motifs is 1. The van der Waals surface area contributed by atoms with E-state index in [0.29, 0.717) is 6.04 Å². The molecule has 5 rings (SSSR count). The van der Waals surface area contributed by atoms with Crippen LogP contribution in [0.4, 0.5) is 0 Å². The van der Waals surface area contributed by atoms with Crippen LogP contribution in [0.3, 0.4) is 0 Å². The van der Waals surface area contributed by atoms with Gasteiger partial charge in [0.25, 0.3) is 0 Å². The molecule has 0 radical (unpaired) electrons. The van der Waals surface area contributed by atoms with Crippen molar-refractivity contribution < 1.29 is 4.74 Å². The van der Waals surface area contributed by atoms with Crippen LogP contribution >= 0.6 is 0 Å².